The maximum Gasteiger partial charge on any atom is 0.250 e. The van der Waals surface area contributed by atoms with Crippen molar-refractivity contribution in [2.24, 2.45) is 5.10 Å². The summed E-state index contributed by atoms with van der Waals surface area (Å²) >= 11 is 7.47. The van der Waals surface area contributed by atoms with Crippen LogP contribution in [0, 0.1) is 0 Å². The standard InChI is InChI=1S/C23H21ClN2O2S/c24-21-8-4-7-20(13-21)16-29-17-23(27)26-25-14-18-9-11-22(12-10-18)28-15-19-5-2-1-3-6-19/h1-14H,15-17H2,(H,26,27)/b25-14+. The van der Waals surface area contributed by atoms with E-state index in [2.05, 4.69) is 10.5 Å². The van der Waals surface area contributed by atoms with Gasteiger partial charge < -0.3 is 4.74 Å². The molecule has 6 heteroatoms. The number of carbonyl (C=O) groups excluding carboxylic acids is 1. The van der Waals surface area contributed by atoms with Gasteiger partial charge in [-0.05, 0) is 53.1 Å². The molecule has 29 heavy (non-hydrogen) atoms. The number of carbonyl (C=O) groups is 1. The average molecular weight is 425 g/mol. The second-order valence-electron chi connectivity index (χ2n) is 6.26. The molecule has 1 N–H and O–H groups in total. The predicted molar refractivity (Wildman–Crippen MR) is 121 cm³/mol. The second kappa shape index (κ2) is 11.3. The van der Waals surface area contributed by atoms with Crippen LogP contribution in [0.1, 0.15) is 16.7 Å². The summed E-state index contributed by atoms with van der Waals surface area (Å²) in [5.41, 5.74) is 5.63. The van der Waals surface area contributed by atoms with Crippen LogP contribution in [0.15, 0.2) is 84.0 Å². The number of halogens is 1. The highest BCUT2D eigenvalue weighted by molar-refractivity contribution is 7.99. The Hall–Kier alpha value is -2.76. The molecule has 0 heterocycles. The first kappa shape index (κ1) is 21.0. The SMILES string of the molecule is O=C(CSCc1cccc(Cl)c1)N/N=C/c1ccc(OCc2ccccc2)cc1. The van der Waals surface area contributed by atoms with Crippen LogP contribution < -0.4 is 10.2 Å². The maximum atomic E-state index is 11.9. The van der Waals surface area contributed by atoms with E-state index in [1.807, 2.05) is 78.9 Å². The van der Waals surface area contributed by atoms with Crippen molar-refractivity contribution in [2.45, 2.75) is 12.4 Å². The fourth-order valence-corrected chi connectivity index (χ4v) is 3.47. The Bertz CT molecular complexity index is 947. The van der Waals surface area contributed by atoms with Gasteiger partial charge in [-0.25, -0.2) is 5.43 Å². The summed E-state index contributed by atoms with van der Waals surface area (Å²) in [5.74, 6) is 1.70. The van der Waals surface area contributed by atoms with Gasteiger partial charge in [0.25, 0.3) is 0 Å². The minimum absolute atomic E-state index is 0.143. The Labute approximate surface area is 179 Å². The highest BCUT2D eigenvalue weighted by Gasteiger charge is 2.01. The fraction of sp³-hybridized carbons (Fsp3) is 0.130. The van der Waals surface area contributed by atoms with Crippen LogP contribution in [-0.2, 0) is 17.2 Å². The fourth-order valence-electron chi connectivity index (χ4n) is 2.49. The van der Waals surface area contributed by atoms with Crippen LogP contribution in [0.4, 0.5) is 0 Å². The van der Waals surface area contributed by atoms with Crippen molar-refractivity contribution in [1.29, 1.82) is 0 Å². The number of hydrogen-bond acceptors (Lipinski definition) is 4. The van der Waals surface area contributed by atoms with Gasteiger partial charge in [-0.2, -0.15) is 5.10 Å². The van der Waals surface area contributed by atoms with Gasteiger partial charge >= 0.3 is 0 Å². The molecule has 0 saturated carbocycles. The molecule has 0 unspecified atom stereocenters. The van der Waals surface area contributed by atoms with Crippen molar-refractivity contribution in [1.82, 2.24) is 5.43 Å². The Morgan fingerprint density at radius 2 is 1.76 bits per heavy atom. The van der Waals surface area contributed by atoms with Crippen LogP contribution in [0.2, 0.25) is 5.02 Å². The van der Waals surface area contributed by atoms with E-state index >= 15 is 0 Å². The summed E-state index contributed by atoms with van der Waals surface area (Å²) in [4.78, 5) is 11.9. The topological polar surface area (TPSA) is 50.7 Å². The van der Waals surface area contributed by atoms with Crippen molar-refractivity contribution >= 4 is 35.5 Å². The molecule has 0 atom stereocenters. The smallest absolute Gasteiger partial charge is 0.250 e. The molecule has 3 aromatic carbocycles. The Kier molecular flexibility index (Phi) is 8.16. The van der Waals surface area contributed by atoms with E-state index in [1.54, 1.807) is 6.21 Å². The summed E-state index contributed by atoms with van der Waals surface area (Å²) in [7, 11) is 0. The zero-order valence-electron chi connectivity index (χ0n) is 15.8. The van der Waals surface area contributed by atoms with Crippen LogP contribution in [-0.4, -0.2) is 17.9 Å². The van der Waals surface area contributed by atoms with Crippen LogP contribution >= 0.6 is 23.4 Å². The van der Waals surface area contributed by atoms with E-state index in [4.69, 9.17) is 16.3 Å². The number of amides is 1. The number of hydrogen-bond donors (Lipinski definition) is 1. The molecule has 0 bridgehead atoms. The second-order valence-corrected chi connectivity index (χ2v) is 7.68. The minimum Gasteiger partial charge on any atom is -0.489 e. The van der Waals surface area contributed by atoms with Crippen molar-refractivity contribution in [3.05, 3.63) is 101 Å². The van der Waals surface area contributed by atoms with Gasteiger partial charge in [0.05, 0.1) is 12.0 Å². The van der Waals surface area contributed by atoms with Gasteiger partial charge in [-0.15, -0.1) is 11.8 Å². The molecule has 3 aromatic rings. The number of rotatable bonds is 9. The molecular weight excluding hydrogens is 404 g/mol. The molecule has 0 saturated heterocycles. The quantitative estimate of drug-likeness (QED) is 0.374. The molecule has 0 fully saturated rings. The predicted octanol–water partition coefficient (Wildman–Crippen LogP) is 5.30. The van der Waals surface area contributed by atoms with Crippen molar-refractivity contribution < 1.29 is 9.53 Å². The third-order valence-corrected chi connectivity index (χ3v) is 5.16. The molecule has 4 nitrogen and oxygen atoms in total. The highest BCUT2D eigenvalue weighted by atomic mass is 35.5. The monoisotopic (exact) mass is 424 g/mol. The molecular formula is C23H21ClN2O2S. The Morgan fingerprint density at radius 1 is 1.00 bits per heavy atom. The largest absolute Gasteiger partial charge is 0.489 e. The summed E-state index contributed by atoms with van der Waals surface area (Å²) < 4.78 is 5.75. The van der Waals surface area contributed by atoms with E-state index in [0.29, 0.717) is 17.4 Å². The maximum absolute atomic E-state index is 11.9. The molecule has 0 aliphatic carbocycles. The number of nitrogens with one attached hydrogen (secondary N) is 1. The first-order valence-electron chi connectivity index (χ1n) is 9.10. The number of benzene rings is 3. The van der Waals surface area contributed by atoms with E-state index in [1.165, 1.54) is 11.8 Å². The lowest BCUT2D eigenvalue weighted by molar-refractivity contribution is -0.118. The molecule has 148 valence electrons. The summed E-state index contributed by atoms with van der Waals surface area (Å²) in [6.07, 6.45) is 1.61. The first-order valence-corrected chi connectivity index (χ1v) is 10.6. The van der Waals surface area contributed by atoms with E-state index < -0.39 is 0 Å². The van der Waals surface area contributed by atoms with Crippen LogP contribution in [0.25, 0.3) is 0 Å². The number of ether oxygens (including phenoxy) is 1. The number of nitrogens with zero attached hydrogens (tertiary/aromatic N) is 1. The van der Waals surface area contributed by atoms with Gasteiger partial charge in [-0.1, -0.05) is 54.1 Å². The lowest BCUT2D eigenvalue weighted by Gasteiger charge is -2.06. The zero-order valence-corrected chi connectivity index (χ0v) is 17.3. The third kappa shape index (κ3) is 7.64. The average Bonchev–Trinajstić information content (AvgIpc) is 2.74. The van der Waals surface area contributed by atoms with Gasteiger partial charge in [0.2, 0.25) is 5.91 Å². The van der Waals surface area contributed by atoms with Gasteiger partial charge in [-0.3, -0.25) is 4.79 Å². The van der Waals surface area contributed by atoms with E-state index in [-0.39, 0.29) is 5.91 Å². The molecule has 1 amide bonds. The zero-order chi connectivity index (χ0) is 20.3. The van der Waals surface area contributed by atoms with E-state index in [0.717, 1.165) is 28.2 Å². The van der Waals surface area contributed by atoms with Gasteiger partial charge in [0.15, 0.2) is 0 Å². The highest BCUT2D eigenvalue weighted by Crippen LogP contribution is 2.16. The molecule has 0 aliphatic heterocycles. The third-order valence-electron chi connectivity index (χ3n) is 3.92. The Balaban J connectivity index is 1.37. The van der Waals surface area contributed by atoms with Crippen LogP contribution in [0.5, 0.6) is 5.75 Å². The Morgan fingerprint density at radius 3 is 2.52 bits per heavy atom. The number of thioether (sulfide) groups is 1. The van der Waals surface area contributed by atoms with Crippen molar-refractivity contribution in [2.75, 3.05) is 5.75 Å². The molecule has 0 radical (unpaired) electrons. The van der Waals surface area contributed by atoms with E-state index in [9.17, 15) is 4.79 Å². The van der Waals surface area contributed by atoms with Crippen molar-refractivity contribution in [3.63, 3.8) is 0 Å². The summed E-state index contributed by atoms with van der Waals surface area (Å²) in [6, 6.07) is 25.2. The molecule has 3 rings (SSSR count). The first-order chi connectivity index (χ1) is 14.2. The normalized spacial score (nSPS) is 10.8. The van der Waals surface area contributed by atoms with Crippen LogP contribution in [0.3, 0.4) is 0 Å². The van der Waals surface area contributed by atoms with Gasteiger partial charge in [0, 0.05) is 10.8 Å². The van der Waals surface area contributed by atoms with Gasteiger partial charge in [0.1, 0.15) is 12.4 Å². The summed E-state index contributed by atoms with van der Waals surface area (Å²) in [5, 5.41) is 4.71. The van der Waals surface area contributed by atoms with Crippen molar-refractivity contribution in [3.8, 4) is 5.75 Å². The lowest BCUT2D eigenvalue weighted by atomic mass is 10.2. The summed E-state index contributed by atoms with van der Waals surface area (Å²) in [6.45, 7) is 0.525. The molecule has 0 aliphatic rings. The molecule has 0 spiro atoms. The lowest BCUT2D eigenvalue weighted by Crippen LogP contribution is -2.19. The molecule has 0 aromatic heterocycles. The number of hydrazone groups is 1. The minimum atomic E-state index is -0.143.